The Kier molecular flexibility index (Phi) is 9.27. The molecule has 0 aliphatic heterocycles. The topological polar surface area (TPSA) is 70.2 Å². The molecule has 5 heteroatoms. The number of hydrogen-bond donors (Lipinski definition) is 3. The third-order valence-corrected chi connectivity index (χ3v) is 8.07. The molecule has 0 aromatic heterocycles. The van der Waals surface area contributed by atoms with Gasteiger partial charge in [0, 0.05) is 23.6 Å². The maximum atomic E-state index is 13.3. The maximum absolute atomic E-state index is 13.3. The predicted octanol–water partition coefficient (Wildman–Crippen LogP) is 6.47. The maximum Gasteiger partial charge on any atom is 0.251 e. The Morgan fingerprint density at radius 2 is 1.39 bits per heavy atom. The highest BCUT2D eigenvalue weighted by Crippen LogP contribution is 2.50. The Labute approximate surface area is 243 Å². The first kappa shape index (κ1) is 28.3. The zero-order valence-corrected chi connectivity index (χ0v) is 23.7. The van der Waals surface area contributed by atoms with Crippen LogP contribution < -0.4 is 16.0 Å². The summed E-state index contributed by atoms with van der Waals surface area (Å²) < 4.78 is 0. The molecule has 3 N–H and O–H groups in total. The van der Waals surface area contributed by atoms with Crippen molar-refractivity contribution in [1.82, 2.24) is 16.0 Å². The van der Waals surface area contributed by atoms with Gasteiger partial charge in [0.25, 0.3) is 5.91 Å². The van der Waals surface area contributed by atoms with E-state index in [1.54, 1.807) is 12.1 Å². The van der Waals surface area contributed by atoms with E-state index < -0.39 is 6.04 Å². The number of carbonyl (C=O) groups is 2. The summed E-state index contributed by atoms with van der Waals surface area (Å²) in [5, 5.41) is 9.75. The Morgan fingerprint density at radius 1 is 0.780 bits per heavy atom. The smallest absolute Gasteiger partial charge is 0.251 e. The molecule has 1 aliphatic rings. The normalized spacial score (nSPS) is 18.3. The van der Waals surface area contributed by atoms with Crippen LogP contribution in [0, 0.1) is 0 Å². The van der Waals surface area contributed by atoms with Gasteiger partial charge in [-0.25, -0.2) is 0 Å². The molecule has 0 heterocycles. The van der Waals surface area contributed by atoms with E-state index in [-0.39, 0.29) is 17.4 Å². The second-order valence-corrected chi connectivity index (χ2v) is 11.2. The first-order valence-electron chi connectivity index (χ1n) is 14.6. The molecule has 0 bridgehead atoms. The van der Waals surface area contributed by atoms with E-state index in [9.17, 15) is 9.59 Å². The van der Waals surface area contributed by atoms with Crippen molar-refractivity contribution in [3.05, 3.63) is 132 Å². The molecule has 5 rings (SSSR count). The summed E-state index contributed by atoms with van der Waals surface area (Å²) in [7, 11) is 0. The summed E-state index contributed by atoms with van der Waals surface area (Å²) in [6, 6.07) is 37.6. The van der Waals surface area contributed by atoms with Crippen molar-refractivity contribution < 1.29 is 9.59 Å². The third-order valence-electron chi connectivity index (χ3n) is 8.07. The zero-order chi connectivity index (χ0) is 28.5. The highest BCUT2D eigenvalue weighted by molar-refractivity contribution is 5.97. The Balaban J connectivity index is 1.13. The Morgan fingerprint density at radius 3 is 2.07 bits per heavy atom. The highest BCUT2D eigenvalue weighted by Gasteiger charge is 2.50. The van der Waals surface area contributed by atoms with Gasteiger partial charge in [-0.3, -0.25) is 9.59 Å². The number of carbonyl (C=O) groups excluding carboxylic acids is 2. The van der Waals surface area contributed by atoms with Crippen LogP contribution in [0.25, 0.3) is 11.1 Å². The summed E-state index contributed by atoms with van der Waals surface area (Å²) >= 11 is 0. The van der Waals surface area contributed by atoms with Gasteiger partial charge < -0.3 is 16.0 Å². The van der Waals surface area contributed by atoms with Crippen LogP contribution in [-0.2, 0) is 11.3 Å². The summed E-state index contributed by atoms with van der Waals surface area (Å²) in [4.78, 5) is 26.2. The van der Waals surface area contributed by atoms with E-state index in [1.165, 1.54) is 5.56 Å². The third kappa shape index (κ3) is 7.71. The molecule has 1 fully saturated rings. The molecule has 4 aromatic carbocycles. The van der Waals surface area contributed by atoms with Gasteiger partial charge in [0.1, 0.15) is 6.04 Å². The molecule has 3 unspecified atom stereocenters. The van der Waals surface area contributed by atoms with Crippen molar-refractivity contribution in [2.75, 3.05) is 6.54 Å². The summed E-state index contributed by atoms with van der Waals surface area (Å²) in [6.45, 7) is 3.58. The molecular weight excluding hydrogens is 506 g/mol. The lowest BCUT2D eigenvalue weighted by molar-refractivity contribution is -0.123. The average Bonchev–Trinajstić information content (AvgIpc) is 3.71. The number of benzene rings is 4. The summed E-state index contributed by atoms with van der Waals surface area (Å²) in [5.41, 5.74) is 5.39. The second kappa shape index (κ2) is 13.4. The molecule has 2 amide bonds. The number of amides is 2. The fraction of sp³-hybridized carbons (Fsp3) is 0.278. The van der Waals surface area contributed by atoms with Gasteiger partial charge >= 0.3 is 0 Å². The zero-order valence-electron chi connectivity index (χ0n) is 23.7. The Bertz CT molecular complexity index is 1410. The molecule has 0 saturated heterocycles. The van der Waals surface area contributed by atoms with E-state index in [0.29, 0.717) is 24.4 Å². The first-order chi connectivity index (χ1) is 20.0. The molecule has 0 spiro atoms. The van der Waals surface area contributed by atoms with Crippen LogP contribution in [0.2, 0.25) is 0 Å². The van der Waals surface area contributed by atoms with Crippen LogP contribution in [0.3, 0.4) is 0 Å². The van der Waals surface area contributed by atoms with Crippen LogP contribution in [0.15, 0.2) is 115 Å². The van der Waals surface area contributed by atoms with Gasteiger partial charge in [-0.05, 0) is 73.5 Å². The van der Waals surface area contributed by atoms with Crippen LogP contribution in [0.5, 0.6) is 0 Å². The number of hydrogen-bond acceptors (Lipinski definition) is 3. The minimum Gasteiger partial charge on any atom is -0.350 e. The lowest BCUT2D eigenvalue weighted by Crippen LogP contribution is -2.46. The lowest BCUT2D eigenvalue weighted by atomic mass is 10.0. The van der Waals surface area contributed by atoms with Crippen molar-refractivity contribution in [2.24, 2.45) is 0 Å². The molecular formula is C36H39N3O2. The molecule has 1 saturated carbocycles. The Hall–Kier alpha value is -4.22. The molecule has 210 valence electrons. The van der Waals surface area contributed by atoms with Crippen LogP contribution in [0.1, 0.15) is 60.0 Å². The van der Waals surface area contributed by atoms with Crippen LogP contribution in [-0.4, -0.2) is 29.9 Å². The van der Waals surface area contributed by atoms with Gasteiger partial charge in [0.2, 0.25) is 5.91 Å². The molecule has 4 aromatic rings. The highest BCUT2D eigenvalue weighted by atomic mass is 16.2. The second-order valence-electron chi connectivity index (χ2n) is 11.2. The van der Waals surface area contributed by atoms with Gasteiger partial charge in [0.15, 0.2) is 0 Å². The SMILES string of the molecule is CC1(NCCCCC(NC(=O)c2ccccc2)C(=O)NCc2ccc(-c3ccccc3)cc2)CC1c1ccccc1. The number of unbranched alkanes of at least 4 members (excludes halogenated alkanes) is 1. The minimum atomic E-state index is -0.597. The fourth-order valence-electron chi connectivity index (χ4n) is 5.44. The van der Waals surface area contributed by atoms with Crippen molar-refractivity contribution in [1.29, 1.82) is 0 Å². The quantitative estimate of drug-likeness (QED) is 0.169. The van der Waals surface area contributed by atoms with Gasteiger partial charge in [-0.1, -0.05) is 103 Å². The number of nitrogens with one attached hydrogen (secondary N) is 3. The predicted molar refractivity (Wildman–Crippen MR) is 165 cm³/mol. The fourth-order valence-corrected chi connectivity index (χ4v) is 5.44. The molecule has 41 heavy (non-hydrogen) atoms. The average molecular weight is 546 g/mol. The molecule has 0 radical (unpaired) electrons. The van der Waals surface area contributed by atoms with Crippen LogP contribution >= 0.6 is 0 Å². The van der Waals surface area contributed by atoms with Crippen molar-refractivity contribution in [2.45, 2.75) is 56.7 Å². The first-order valence-corrected chi connectivity index (χ1v) is 14.6. The van der Waals surface area contributed by atoms with Crippen molar-refractivity contribution in [3.63, 3.8) is 0 Å². The molecule has 3 atom stereocenters. The van der Waals surface area contributed by atoms with E-state index in [2.05, 4.69) is 77.5 Å². The van der Waals surface area contributed by atoms with Crippen molar-refractivity contribution >= 4 is 11.8 Å². The summed E-state index contributed by atoms with van der Waals surface area (Å²) in [6.07, 6.45) is 3.49. The van der Waals surface area contributed by atoms with Gasteiger partial charge in [0.05, 0.1) is 0 Å². The number of rotatable bonds is 13. The van der Waals surface area contributed by atoms with E-state index in [1.807, 2.05) is 48.5 Å². The standard InChI is InChI=1S/C36H39N3O2/c1-36(25-32(36)30-15-7-3-8-16-30)38-24-12-11-19-33(39-34(40)31-17-9-4-10-18-31)35(41)37-26-27-20-22-29(23-21-27)28-13-5-2-6-14-28/h2-10,13-18,20-23,32-33,38H,11-12,19,24-26H2,1H3,(H,37,41)(H,39,40). The minimum absolute atomic E-state index is 0.135. The molecule has 1 aliphatic carbocycles. The monoisotopic (exact) mass is 545 g/mol. The van der Waals surface area contributed by atoms with E-state index >= 15 is 0 Å². The van der Waals surface area contributed by atoms with Gasteiger partial charge in [-0.15, -0.1) is 0 Å². The van der Waals surface area contributed by atoms with E-state index in [0.717, 1.165) is 42.5 Å². The molecule has 5 nitrogen and oxygen atoms in total. The summed E-state index contributed by atoms with van der Waals surface area (Å²) in [5.74, 6) is 0.161. The lowest BCUT2D eigenvalue weighted by Gasteiger charge is -2.19. The van der Waals surface area contributed by atoms with Gasteiger partial charge in [-0.2, -0.15) is 0 Å². The van der Waals surface area contributed by atoms with E-state index in [4.69, 9.17) is 0 Å². The van der Waals surface area contributed by atoms with Crippen LogP contribution in [0.4, 0.5) is 0 Å². The van der Waals surface area contributed by atoms with Crippen molar-refractivity contribution in [3.8, 4) is 11.1 Å². The largest absolute Gasteiger partial charge is 0.350 e.